The van der Waals surface area contributed by atoms with Gasteiger partial charge in [-0.3, -0.25) is 4.79 Å². The van der Waals surface area contributed by atoms with Crippen molar-refractivity contribution in [3.05, 3.63) is 65.4 Å². The van der Waals surface area contributed by atoms with Gasteiger partial charge in [-0.2, -0.15) is 0 Å². The van der Waals surface area contributed by atoms with Gasteiger partial charge < -0.3 is 9.15 Å². The van der Waals surface area contributed by atoms with E-state index < -0.39 is 0 Å². The Morgan fingerprint density at radius 3 is 2.76 bits per heavy atom. The molecule has 1 aliphatic rings. The van der Waals surface area contributed by atoms with Gasteiger partial charge in [-0.1, -0.05) is 30.3 Å². The second-order valence-corrected chi connectivity index (χ2v) is 5.41. The standard InChI is InChI=1S/C18H14O3/c1-11-10-20-17-9-18-14(7-13(11)17)15(19)8-16(21-18)12-5-3-2-4-6-12/h2-7,9-10,16H,8H2,1H3. The molecule has 0 bridgehead atoms. The molecule has 3 nitrogen and oxygen atoms in total. The Morgan fingerprint density at radius 1 is 1.14 bits per heavy atom. The van der Waals surface area contributed by atoms with Crippen LogP contribution in [0.1, 0.15) is 34.0 Å². The first-order chi connectivity index (χ1) is 10.2. The molecule has 0 fully saturated rings. The van der Waals surface area contributed by atoms with E-state index in [1.54, 1.807) is 6.26 Å². The quantitative estimate of drug-likeness (QED) is 0.660. The van der Waals surface area contributed by atoms with E-state index in [4.69, 9.17) is 9.15 Å². The molecule has 1 atom stereocenters. The molecule has 4 rings (SSSR count). The molecule has 0 saturated heterocycles. The average Bonchev–Trinajstić information content (AvgIpc) is 2.87. The van der Waals surface area contributed by atoms with E-state index in [0.29, 0.717) is 17.7 Å². The number of carbonyl (C=O) groups excluding carboxylic acids is 1. The fourth-order valence-corrected chi connectivity index (χ4v) is 2.82. The van der Waals surface area contributed by atoms with Crippen molar-refractivity contribution >= 4 is 16.8 Å². The largest absolute Gasteiger partial charge is 0.484 e. The summed E-state index contributed by atoms with van der Waals surface area (Å²) in [6, 6.07) is 13.5. The smallest absolute Gasteiger partial charge is 0.170 e. The normalized spacial score (nSPS) is 17.6. The number of fused-ring (bicyclic) bond motifs is 2. The minimum absolute atomic E-state index is 0.118. The molecule has 3 aromatic rings. The van der Waals surface area contributed by atoms with Gasteiger partial charge >= 0.3 is 0 Å². The third kappa shape index (κ3) is 1.93. The lowest BCUT2D eigenvalue weighted by atomic mass is 9.95. The summed E-state index contributed by atoms with van der Waals surface area (Å²) in [5.41, 5.74) is 3.46. The second-order valence-electron chi connectivity index (χ2n) is 5.41. The van der Waals surface area contributed by atoms with Crippen LogP contribution in [-0.2, 0) is 0 Å². The molecule has 0 radical (unpaired) electrons. The van der Waals surface area contributed by atoms with Gasteiger partial charge in [0.1, 0.15) is 17.4 Å². The highest BCUT2D eigenvalue weighted by Crippen LogP contribution is 2.38. The highest BCUT2D eigenvalue weighted by atomic mass is 16.5. The number of furan rings is 1. The molecular weight excluding hydrogens is 264 g/mol. The molecule has 104 valence electrons. The van der Waals surface area contributed by atoms with E-state index in [2.05, 4.69) is 0 Å². The Balaban J connectivity index is 1.81. The van der Waals surface area contributed by atoms with Crippen molar-refractivity contribution in [2.24, 2.45) is 0 Å². The van der Waals surface area contributed by atoms with Crippen LogP contribution in [-0.4, -0.2) is 5.78 Å². The van der Waals surface area contributed by atoms with E-state index in [-0.39, 0.29) is 11.9 Å². The molecule has 2 aromatic carbocycles. The Hall–Kier alpha value is -2.55. The SMILES string of the molecule is Cc1coc2cc3c(cc12)C(=O)CC(c1ccccc1)O3. The maximum Gasteiger partial charge on any atom is 0.170 e. The van der Waals surface area contributed by atoms with Crippen molar-refractivity contribution < 1.29 is 13.9 Å². The fourth-order valence-electron chi connectivity index (χ4n) is 2.82. The average molecular weight is 278 g/mol. The number of aryl methyl sites for hydroxylation is 1. The van der Waals surface area contributed by atoms with Crippen molar-refractivity contribution in [1.29, 1.82) is 0 Å². The highest BCUT2D eigenvalue weighted by Gasteiger charge is 2.28. The predicted octanol–water partition coefficient (Wildman–Crippen LogP) is 4.45. The topological polar surface area (TPSA) is 39.4 Å². The number of hydrogen-bond acceptors (Lipinski definition) is 3. The summed E-state index contributed by atoms with van der Waals surface area (Å²) in [5.74, 6) is 0.731. The minimum atomic E-state index is -0.222. The van der Waals surface area contributed by atoms with Gasteiger partial charge in [0.25, 0.3) is 0 Å². The molecule has 0 amide bonds. The highest BCUT2D eigenvalue weighted by molar-refractivity contribution is 6.03. The van der Waals surface area contributed by atoms with Crippen molar-refractivity contribution in [1.82, 2.24) is 0 Å². The number of benzene rings is 2. The number of hydrogen-bond donors (Lipinski definition) is 0. The summed E-state index contributed by atoms with van der Waals surface area (Å²) in [6.45, 7) is 1.97. The zero-order valence-electron chi connectivity index (χ0n) is 11.6. The van der Waals surface area contributed by atoms with Gasteiger partial charge in [0, 0.05) is 11.5 Å². The third-order valence-corrected chi connectivity index (χ3v) is 3.98. The van der Waals surface area contributed by atoms with Crippen molar-refractivity contribution in [3.63, 3.8) is 0 Å². The lowest BCUT2D eigenvalue weighted by Gasteiger charge is -2.25. The zero-order chi connectivity index (χ0) is 14.4. The fraction of sp³-hybridized carbons (Fsp3) is 0.167. The summed E-state index contributed by atoms with van der Waals surface area (Å²) in [5, 5.41) is 0.976. The van der Waals surface area contributed by atoms with Crippen LogP contribution < -0.4 is 4.74 Å². The van der Waals surface area contributed by atoms with Crippen LogP contribution in [0.2, 0.25) is 0 Å². The maximum atomic E-state index is 12.4. The molecule has 0 saturated carbocycles. The third-order valence-electron chi connectivity index (χ3n) is 3.98. The van der Waals surface area contributed by atoms with Crippen molar-refractivity contribution in [2.45, 2.75) is 19.4 Å². The van der Waals surface area contributed by atoms with E-state index in [0.717, 1.165) is 22.1 Å². The summed E-state index contributed by atoms with van der Waals surface area (Å²) >= 11 is 0. The number of Topliss-reactive ketones (excluding diaryl/α,β-unsaturated/α-hetero) is 1. The minimum Gasteiger partial charge on any atom is -0.484 e. The summed E-state index contributed by atoms with van der Waals surface area (Å²) in [4.78, 5) is 12.4. The van der Waals surface area contributed by atoms with E-state index >= 15 is 0 Å². The number of ketones is 1. The Morgan fingerprint density at radius 2 is 1.95 bits per heavy atom. The van der Waals surface area contributed by atoms with E-state index in [1.807, 2.05) is 49.4 Å². The van der Waals surface area contributed by atoms with Crippen molar-refractivity contribution in [2.75, 3.05) is 0 Å². The first-order valence-corrected chi connectivity index (χ1v) is 6.99. The Kier molecular flexibility index (Phi) is 2.61. The number of rotatable bonds is 1. The number of carbonyl (C=O) groups is 1. The van der Waals surface area contributed by atoms with E-state index in [1.165, 1.54) is 0 Å². The van der Waals surface area contributed by atoms with Gasteiger partial charge in [-0.05, 0) is 24.1 Å². The van der Waals surface area contributed by atoms with Crippen LogP contribution in [0.3, 0.4) is 0 Å². The lowest BCUT2D eigenvalue weighted by molar-refractivity contribution is 0.0850. The first-order valence-electron chi connectivity index (χ1n) is 6.99. The molecule has 0 spiro atoms. The van der Waals surface area contributed by atoms with Gasteiger partial charge in [0.05, 0.1) is 18.2 Å². The summed E-state index contributed by atoms with van der Waals surface area (Å²) < 4.78 is 11.5. The van der Waals surface area contributed by atoms with Gasteiger partial charge in [0.15, 0.2) is 5.78 Å². The van der Waals surface area contributed by atoms with Gasteiger partial charge in [0.2, 0.25) is 0 Å². The van der Waals surface area contributed by atoms with E-state index in [9.17, 15) is 4.79 Å². The van der Waals surface area contributed by atoms with Crippen LogP contribution in [0.15, 0.2) is 53.1 Å². The molecule has 1 aliphatic heterocycles. The lowest BCUT2D eigenvalue weighted by Crippen LogP contribution is -2.20. The van der Waals surface area contributed by atoms with Crippen LogP contribution >= 0.6 is 0 Å². The Bertz CT molecular complexity index is 830. The van der Waals surface area contributed by atoms with Crippen LogP contribution in [0.25, 0.3) is 11.0 Å². The maximum absolute atomic E-state index is 12.4. The predicted molar refractivity (Wildman–Crippen MR) is 79.7 cm³/mol. The Labute approximate surface area is 122 Å². The number of ether oxygens (including phenoxy) is 1. The molecule has 0 N–H and O–H groups in total. The first kappa shape index (κ1) is 12.2. The molecule has 1 unspecified atom stereocenters. The van der Waals surface area contributed by atoms with Crippen molar-refractivity contribution in [3.8, 4) is 5.75 Å². The second kappa shape index (κ2) is 4.48. The van der Waals surface area contributed by atoms with Crippen LogP contribution in [0.4, 0.5) is 0 Å². The van der Waals surface area contributed by atoms with Gasteiger partial charge in [-0.25, -0.2) is 0 Å². The summed E-state index contributed by atoms with van der Waals surface area (Å²) in [7, 11) is 0. The molecule has 1 aromatic heterocycles. The zero-order valence-corrected chi connectivity index (χ0v) is 11.6. The molecule has 2 heterocycles. The summed E-state index contributed by atoms with van der Waals surface area (Å²) in [6.07, 6.45) is 1.86. The molecule has 3 heteroatoms. The van der Waals surface area contributed by atoms with Crippen LogP contribution in [0, 0.1) is 6.92 Å². The molecular formula is C18H14O3. The molecule has 0 aliphatic carbocycles. The molecule has 21 heavy (non-hydrogen) atoms. The monoisotopic (exact) mass is 278 g/mol. The van der Waals surface area contributed by atoms with Gasteiger partial charge in [-0.15, -0.1) is 0 Å². The van der Waals surface area contributed by atoms with Crippen LogP contribution in [0.5, 0.6) is 5.75 Å².